The molecule has 6 heteroatoms. The maximum absolute atomic E-state index is 12.4. The maximum Gasteiger partial charge on any atom is 0.205 e. The first-order valence-corrected chi connectivity index (χ1v) is 8.55. The van der Waals surface area contributed by atoms with Crippen LogP contribution >= 0.6 is 27.5 Å². The summed E-state index contributed by atoms with van der Waals surface area (Å²) in [5.74, 6) is 1.16. The summed E-state index contributed by atoms with van der Waals surface area (Å²) in [6.07, 6.45) is 4.75. The van der Waals surface area contributed by atoms with Crippen LogP contribution in [0.15, 0.2) is 57.6 Å². The zero-order valence-electron chi connectivity index (χ0n) is 12.9. The number of ketones is 1. The minimum absolute atomic E-state index is 0.137. The Morgan fingerprint density at radius 1 is 1.38 bits per heavy atom. The molecule has 0 amide bonds. The number of hydrogen-bond donors (Lipinski definition) is 0. The third-order valence-corrected chi connectivity index (χ3v) is 4.28. The van der Waals surface area contributed by atoms with Crippen LogP contribution in [-0.2, 0) is 6.54 Å². The molecule has 0 N–H and O–H groups in total. The molecule has 0 saturated heterocycles. The van der Waals surface area contributed by atoms with E-state index in [9.17, 15) is 4.79 Å². The first-order valence-electron chi connectivity index (χ1n) is 7.38. The lowest BCUT2D eigenvalue weighted by molar-refractivity contribution is 0.103. The van der Waals surface area contributed by atoms with Crippen LogP contribution in [0.3, 0.4) is 0 Å². The second-order valence-corrected chi connectivity index (χ2v) is 6.36. The molecule has 0 fully saturated rings. The van der Waals surface area contributed by atoms with Gasteiger partial charge in [-0.2, -0.15) is 5.10 Å². The van der Waals surface area contributed by atoms with Crippen LogP contribution in [0.5, 0.6) is 0 Å². The van der Waals surface area contributed by atoms with Gasteiger partial charge in [0, 0.05) is 17.1 Å². The molecule has 0 spiro atoms. The molecule has 0 radical (unpaired) electrons. The van der Waals surface area contributed by atoms with Crippen LogP contribution in [0.1, 0.15) is 23.2 Å². The topological polar surface area (TPSA) is 48.0 Å². The zero-order chi connectivity index (χ0) is 17.1. The summed E-state index contributed by atoms with van der Waals surface area (Å²) in [4.78, 5) is 12.4. The molecule has 24 heavy (non-hydrogen) atoms. The van der Waals surface area contributed by atoms with Crippen LogP contribution in [0.25, 0.3) is 17.4 Å². The molecule has 3 rings (SSSR count). The molecule has 0 aliphatic carbocycles. The van der Waals surface area contributed by atoms with Crippen LogP contribution in [0.4, 0.5) is 0 Å². The molecule has 0 unspecified atom stereocenters. The molecule has 2 heterocycles. The van der Waals surface area contributed by atoms with E-state index in [1.165, 1.54) is 6.08 Å². The highest BCUT2D eigenvalue weighted by atomic mass is 79.9. The summed E-state index contributed by atoms with van der Waals surface area (Å²) in [6, 6.07) is 11.1. The van der Waals surface area contributed by atoms with Gasteiger partial charge < -0.3 is 4.42 Å². The molecular formula is C18H14BrClN2O2. The third-order valence-electron chi connectivity index (χ3n) is 3.46. The number of rotatable bonds is 5. The van der Waals surface area contributed by atoms with E-state index in [4.69, 9.17) is 16.0 Å². The van der Waals surface area contributed by atoms with E-state index in [-0.39, 0.29) is 5.78 Å². The van der Waals surface area contributed by atoms with Crippen LogP contribution in [0, 0.1) is 0 Å². The molecular weight excluding hydrogens is 392 g/mol. The van der Waals surface area contributed by atoms with E-state index < -0.39 is 0 Å². The highest BCUT2D eigenvalue weighted by Gasteiger charge is 2.14. The predicted molar refractivity (Wildman–Crippen MR) is 98.1 cm³/mol. The molecule has 4 nitrogen and oxygen atoms in total. The molecule has 0 aliphatic heterocycles. The van der Waals surface area contributed by atoms with E-state index in [0.29, 0.717) is 33.3 Å². The van der Waals surface area contributed by atoms with Crippen molar-refractivity contribution >= 4 is 39.4 Å². The van der Waals surface area contributed by atoms with E-state index in [1.807, 2.05) is 43.3 Å². The molecule has 2 aromatic heterocycles. The number of halogens is 2. The fourth-order valence-corrected chi connectivity index (χ4v) is 3.01. The smallest absolute Gasteiger partial charge is 0.205 e. The van der Waals surface area contributed by atoms with Crippen molar-refractivity contribution < 1.29 is 9.21 Å². The number of nitrogens with zero attached hydrogens (tertiary/aromatic N) is 2. The van der Waals surface area contributed by atoms with Gasteiger partial charge in [-0.1, -0.05) is 23.7 Å². The number of aryl methyl sites for hydroxylation is 1. The van der Waals surface area contributed by atoms with Crippen molar-refractivity contribution in [2.45, 2.75) is 13.5 Å². The fourth-order valence-electron chi connectivity index (χ4n) is 2.32. The second-order valence-electron chi connectivity index (χ2n) is 5.07. The van der Waals surface area contributed by atoms with Crippen molar-refractivity contribution in [2.75, 3.05) is 0 Å². The SMILES string of the molecule is CCn1ncc(Br)c1C(=O)/C=C/c1ccc(-c2cccc(Cl)c2)o1. The lowest BCUT2D eigenvalue weighted by Gasteiger charge is -2.01. The molecule has 0 saturated carbocycles. The van der Waals surface area contributed by atoms with Crippen LogP contribution in [0.2, 0.25) is 5.02 Å². The summed E-state index contributed by atoms with van der Waals surface area (Å²) in [6.45, 7) is 2.56. The Labute approximate surface area is 152 Å². The number of aromatic nitrogens is 2. The Morgan fingerprint density at radius 3 is 2.96 bits per heavy atom. The van der Waals surface area contributed by atoms with Crippen molar-refractivity contribution in [3.05, 3.63) is 69.6 Å². The summed E-state index contributed by atoms with van der Waals surface area (Å²) in [5, 5.41) is 4.79. The first kappa shape index (κ1) is 16.7. The van der Waals surface area contributed by atoms with E-state index >= 15 is 0 Å². The standard InChI is InChI=1S/C18H14BrClN2O2/c1-2-22-18(15(19)11-21-22)16(23)8-6-14-7-9-17(24-14)12-4-3-5-13(20)10-12/h3-11H,2H2,1H3/b8-6+. The normalized spacial score (nSPS) is 11.3. The number of carbonyl (C=O) groups excluding carboxylic acids is 1. The van der Waals surface area contributed by atoms with E-state index in [2.05, 4.69) is 21.0 Å². The van der Waals surface area contributed by atoms with Gasteiger partial charge in [0.2, 0.25) is 5.78 Å². The van der Waals surface area contributed by atoms with Crippen molar-refractivity contribution in [1.82, 2.24) is 9.78 Å². The van der Waals surface area contributed by atoms with E-state index in [1.54, 1.807) is 17.0 Å². The summed E-state index contributed by atoms with van der Waals surface area (Å²) in [5.41, 5.74) is 1.41. The highest BCUT2D eigenvalue weighted by Crippen LogP contribution is 2.25. The van der Waals surface area contributed by atoms with Gasteiger partial charge in [-0.3, -0.25) is 9.48 Å². The van der Waals surface area contributed by atoms with Crippen LogP contribution in [-0.4, -0.2) is 15.6 Å². The second kappa shape index (κ2) is 7.20. The van der Waals surface area contributed by atoms with E-state index in [0.717, 1.165) is 5.56 Å². The fraction of sp³-hybridized carbons (Fsp3) is 0.111. The van der Waals surface area contributed by atoms with Crippen molar-refractivity contribution in [3.63, 3.8) is 0 Å². The van der Waals surface area contributed by atoms with Crippen molar-refractivity contribution in [3.8, 4) is 11.3 Å². The summed E-state index contributed by atoms with van der Waals surface area (Å²) >= 11 is 9.34. The Hall–Kier alpha value is -2.11. The van der Waals surface area contributed by atoms with Gasteiger partial charge in [0.1, 0.15) is 17.2 Å². The zero-order valence-corrected chi connectivity index (χ0v) is 15.2. The Bertz CT molecular complexity index is 911. The molecule has 0 aliphatic rings. The summed E-state index contributed by atoms with van der Waals surface area (Å²) < 4.78 is 8.08. The van der Waals surface area contributed by atoms with Crippen molar-refractivity contribution in [2.24, 2.45) is 0 Å². The van der Waals surface area contributed by atoms with Gasteiger partial charge in [0.15, 0.2) is 0 Å². The average Bonchev–Trinajstić information content (AvgIpc) is 3.19. The maximum atomic E-state index is 12.4. The molecule has 0 atom stereocenters. The van der Waals surface area contributed by atoms with Gasteiger partial charge in [-0.25, -0.2) is 0 Å². The average molecular weight is 406 g/mol. The molecule has 122 valence electrons. The van der Waals surface area contributed by atoms with Gasteiger partial charge in [0.05, 0.1) is 10.7 Å². The summed E-state index contributed by atoms with van der Waals surface area (Å²) in [7, 11) is 0. The number of hydrogen-bond acceptors (Lipinski definition) is 3. The Morgan fingerprint density at radius 2 is 2.21 bits per heavy atom. The molecule has 3 aromatic rings. The molecule has 1 aromatic carbocycles. The number of allylic oxidation sites excluding steroid dienone is 1. The van der Waals surface area contributed by atoms with Crippen LogP contribution < -0.4 is 0 Å². The lowest BCUT2D eigenvalue weighted by atomic mass is 10.2. The number of furan rings is 1. The predicted octanol–water partition coefficient (Wildman–Crippen LogP) is 5.48. The third kappa shape index (κ3) is 3.52. The Balaban J connectivity index is 1.80. The van der Waals surface area contributed by atoms with Gasteiger partial charge in [-0.05, 0) is 59.3 Å². The van der Waals surface area contributed by atoms with Gasteiger partial charge >= 0.3 is 0 Å². The molecule has 0 bridgehead atoms. The lowest BCUT2D eigenvalue weighted by Crippen LogP contribution is -2.07. The Kier molecular flexibility index (Phi) is 5.02. The van der Waals surface area contributed by atoms with Gasteiger partial charge in [-0.15, -0.1) is 0 Å². The quantitative estimate of drug-likeness (QED) is 0.417. The minimum Gasteiger partial charge on any atom is -0.457 e. The van der Waals surface area contributed by atoms with Crippen molar-refractivity contribution in [1.29, 1.82) is 0 Å². The van der Waals surface area contributed by atoms with Gasteiger partial charge in [0.25, 0.3) is 0 Å². The largest absolute Gasteiger partial charge is 0.457 e. The first-order chi connectivity index (χ1) is 11.6. The monoisotopic (exact) mass is 404 g/mol. The number of carbonyl (C=O) groups is 1. The highest BCUT2D eigenvalue weighted by molar-refractivity contribution is 9.10. The minimum atomic E-state index is -0.137. The number of benzene rings is 1.